The first-order chi connectivity index (χ1) is 12.3. The number of likely N-dealkylation sites (N-methyl/N-ethyl adjacent to an activating group) is 1. The van der Waals surface area contributed by atoms with Crippen molar-refractivity contribution in [3.05, 3.63) is 71.3 Å². The van der Waals surface area contributed by atoms with E-state index in [0.29, 0.717) is 0 Å². The second-order valence-electron chi connectivity index (χ2n) is 6.83. The van der Waals surface area contributed by atoms with Gasteiger partial charge in [-0.25, -0.2) is 0 Å². The van der Waals surface area contributed by atoms with Crippen molar-refractivity contribution < 1.29 is 4.79 Å². The van der Waals surface area contributed by atoms with Gasteiger partial charge < -0.3 is 14.6 Å². The van der Waals surface area contributed by atoms with Crippen molar-refractivity contribution in [2.75, 3.05) is 33.2 Å². The van der Waals surface area contributed by atoms with Crippen LogP contribution in [0.4, 0.5) is 0 Å². The molecule has 0 aromatic heterocycles. The molecule has 2 unspecified atom stereocenters. The smallest absolute Gasteiger partial charge is 0.135 e. The van der Waals surface area contributed by atoms with Crippen molar-refractivity contribution >= 4 is 12.1 Å². The molecule has 2 atom stereocenters. The Bertz CT molecular complexity index is 779. The van der Waals surface area contributed by atoms with Crippen LogP contribution in [0.5, 0.6) is 0 Å². The number of rotatable bonds is 2. The summed E-state index contributed by atoms with van der Waals surface area (Å²) in [4.78, 5) is 21.7. The van der Waals surface area contributed by atoms with Crippen LogP contribution in [0.25, 0.3) is 0 Å². The molecule has 2 aliphatic rings. The van der Waals surface area contributed by atoms with Gasteiger partial charge >= 0.3 is 0 Å². The fraction of sp³-hybridized carbons (Fsp3) is 0.333. The highest BCUT2D eigenvalue weighted by molar-refractivity contribution is 6.02. The van der Waals surface area contributed by atoms with Crippen molar-refractivity contribution in [3.8, 4) is 0 Å². The standard InChI is InChI=1S/C21H23N3O/c1-23-11-13-24(14-12-23)21-19(15-25)17-9-5-6-10-18(17)20(22-21)16-7-3-2-4-8-16/h2-10,15,19-20H,11-14H2,1H3. The first kappa shape index (κ1) is 16.0. The van der Waals surface area contributed by atoms with Crippen LogP contribution in [0.15, 0.2) is 59.6 Å². The molecule has 2 aromatic carbocycles. The van der Waals surface area contributed by atoms with E-state index in [2.05, 4.69) is 53.2 Å². The molecule has 2 heterocycles. The number of hydrogen-bond acceptors (Lipinski definition) is 4. The zero-order valence-electron chi connectivity index (χ0n) is 14.5. The van der Waals surface area contributed by atoms with Crippen molar-refractivity contribution in [1.82, 2.24) is 9.80 Å². The molecule has 4 heteroatoms. The van der Waals surface area contributed by atoms with E-state index >= 15 is 0 Å². The minimum atomic E-state index is -0.264. The number of aliphatic imine (C=N–C) groups is 1. The van der Waals surface area contributed by atoms with E-state index in [-0.39, 0.29) is 12.0 Å². The van der Waals surface area contributed by atoms with Gasteiger partial charge in [-0.15, -0.1) is 0 Å². The van der Waals surface area contributed by atoms with Crippen LogP contribution in [0, 0.1) is 0 Å². The van der Waals surface area contributed by atoms with Gasteiger partial charge in [0.2, 0.25) is 0 Å². The Morgan fingerprint density at radius 2 is 1.56 bits per heavy atom. The Hall–Kier alpha value is -2.46. The highest BCUT2D eigenvalue weighted by Crippen LogP contribution is 2.38. The normalized spacial score (nSPS) is 23.7. The van der Waals surface area contributed by atoms with Gasteiger partial charge in [-0.3, -0.25) is 4.99 Å². The van der Waals surface area contributed by atoms with Crippen LogP contribution >= 0.6 is 0 Å². The Balaban J connectivity index is 1.79. The number of aldehydes is 1. The number of carbonyl (C=O) groups is 1. The number of carbonyl (C=O) groups excluding carboxylic acids is 1. The summed E-state index contributed by atoms with van der Waals surface area (Å²) in [6, 6.07) is 18.6. The average molecular weight is 333 g/mol. The van der Waals surface area contributed by atoms with Crippen molar-refractivity contribution in [2.24, 2.45) is 4.99 Å². The van der Waals surface area contributed by atoms with Gasteiger partial charge in [0.1, 0.15) is 18.2 Å². The number of piperazine rings is 1. The molecule has 0 bridgehead atoms. The van der Waals surface area contributed by atoms with Gasteiger partial charge in [-0.1, -0.05) is 54.6 Å². The van der Waals surface area contributed by atoms with Crippen LogP contribution in [0.2, 0.25) is 0 Å². The molecule has 0 amide bonds. The van der Waals surface area contributed by atoms with Crippen LogP contribution < -0.4 is 0 Å². The molecule has 2 aliphatic heterocycles. The van der Waals surface area contributed by atoms with E-state index in [9.17, 15) is 4.79 Å². The fourth-order valence-corrected chi connectivity index (χ4v) is 3.80. The fourth-order valence-electron chi connectivity index (χ4n) is 3.80. The van der Waals surface area contributed by atoms with Crippen LogP contribution in [-0.4, -0.2) is 55.1 Å². The second kappa shape index (κ2) is 6.81. The molecular weight excluding hydrogens is 310 g/mol. The Morgan fingerprint density at radius 3 is 2.24 bits per heavy atom. The lowest BCUT2D eigenvalue weighted by atomic mass is 9.84. The van der Waals surface area contributed by atoms with Crippen LogP contribution in [-0.2, 0) is 4.79 Å². The lowest BCUT2D eigenvalue weighted by molar-refractivity contribution is -0.108. The summed E-state index contributed by atoms with van der Waals surface area (Å²) in [6.45, 7) is 3.84. The summed E-state index contributed by atoms with van der Waals surface area (Å²) in [5.41, 5.74) is 3.41. The number of fused-ring (bicyclic) bond motifs is 1. The summed E-state index contributed by atoms with van der Waals surface area (Å²) < 4.78 is 0. The predicted molar refractivity (Wildman–Crippen MR) is 100 cm³/mol. The average Bonchev–Trinajstić information content (AvgIpc) is 2.68. The third kappa shape index (κ3) is 2.98. The van der Waals surface area contributed by atoms with E-state index in [0.717, 1.165) is 49.4 Å². The third-order valence-electron chi connectivity index (χ3n) is 5.24. The van der Waals surface area contributed by atoms with E-state index in [4.69, 9.17) is 4.99 Å². The molecular formula is C21H23N3O. The molecule has 4 rings (SSSR count). The Labute approximate surface area is 148 Å². The topological polar surface area (TPSA) is 35.9 Å². The van der Waals surface area contributed by atoms with Crippen molar-refractivity contribution in [2.45, 2.75) is 12.0 Å². The third-order valence-corrected chi connectivity index (χ3v) is 5.24. The molecule has 25 heavy (non-hydrogen) atoms. The molecule has 0 radical (unpaired) electrons. The molecule has 0 aliphatic carbocycles. The molecule has 4 nitrogen and oxygen atoms in total. The first-order valence-electron chi connectivity index (χ1n) is 8.88. The van der Waals surface area contributed by atoms with Crippen LogP contribution in [0.1, 0.15) is 28.7 Å². The predicted octanol–water partition coefficient (Wildman–Crippen LogP) is 2.72. The van der Waals surface area contributed by atoms with Gasteiger partial charge in [0.25, 0.3) is 0 Å². The zero-order valence-corrected chi connectivity index (χ0v) is 14.5. The number of benzene rings is 2. The SMILES string of the molecule is CN1CCN(C2=NC(c3ccccc3)c3ccccc3C2C=O)CC1. The molecule has 128 valence electrons. The van der Waals surface area contributed by atoms with Gasteiger partial charge in [-0.05, 0) is 23.7 Å². The zero-order chi connectivity index (χ0) is 17.2. The first-order valence-corrected chi connectivity index (χ1v) is 8.88. The number of amidine groups is 1. The van der Waals surface area contributed by atoms with Gasteiger partial charge in [0, 0.05) is 26.2 Å². The Kier molecular flexibility index (Phi) is 4.36. The lowest BCUT2D eigenvalue weighted by Crippen LogP contribution is -2.49. The maximum absolute atomic E-state index is 12.0. The Morgan fingerprint density at radius 1 is 0.920 bits per heavy atom. The molecule has 0 spiro atoms. The molecule has 0 N–H and O–H groups in total. The molecule has 1 fully saturated rings. The van der Waals surface area contributed by atoms with E-state index in [1.54, 1.807) is 0 Å². The largest absolute Gasteiger partial charge is 0.357 e. The van der Waals surface area contributed by atoms with Crippen molar-refractivity contribution in [1.29, 1.82) is 0 Å². The number of hydrogen-bond donors (Lipinski definition) is 0. The van der Waals surface area contributed by atoms with E-state index in [1.165, 1.54) is 5.56 Å². The van der Waals surface area contributed by atoms with Gasteiger partial charge in [-0.2, -0.15) is 0 Å². The van der Waals surface area contributed by atoms with Crippen molar-refractivity contribution in [3.63, 3.8) is 0 Å². The summed E-state index contributed by atoms with van der Waals surface area (Å²) in [7, 11) is 2.14. The lowest BCUT2D eigenvalue weighted by Gasteiger charge is -2.39. The van der Waals surface area contributed by atoms with E-state index < -0.39 is 0 Å². The monoisotopic (exact) mass is 333 g/mol. The van der Waals surface area contributed by atoms with Gasteiger partial charge in [0.15, 0.2) is 0 Å². The highest BCUT2D eigenvalue weighted by Gasteiger charge is 2.34. The maximum Gasteiger partial charge on any atom is 0.135 e. The summed E-state index contributed by atoms with van der Waals surface area (Å²) >= 11 is 0. The van der Waals surface area contributed by atoms with Gasteiger partial charge in [0.05, 0.1) is 5.92 Å². The minimum absolute atomic E-state index is 0.0387. The summed E-state index contributed by atoms with van der Waals surface area (Å²) in [6.07, 6.45) is 1.05. The molecule has 1 saturated heterocycles. The molecule has 2 aromatic rings. The molecule has 0 saturated carbocycles. The minimum Gasteiger partial charge on any atom is -0.357 e. The van der Waals surface area contributed by atoms with Crippen LogP contribution in [0.3, 0.4) is 0 Å². The highest BCUT2D eigenvalue weighted by atomic mass is 16.1. The second-order valence-corrected chi connectivity index (χ2v) is 6.83. The number of nitrogens with zero attached hydrogens (tertiary/aromatic N) is 3. The summed E-state index contributed by atoms with van der Waals surface area (Å²) in [5, 5.41) is 0. The summed E-state index contributed by atoms with van der Waals surface area (Å²) in [5.74, 6) is 0.662. The van der Waals surface area contributed by atoms with E-state index in [1.807, 2.05) is 18.2 Å². The maximum atomic E-state index is 12.0. The quantitative estimate of drug-likeness (QED) is 0.793.